The van der Waals surface area contributed by atoms with Gasteiger partial charge in [0.25, 0.3) is 5.91 Å². The number of ether oxygens (including phenoxy) is 3. The van der Waals surface area contributed by atoms with Crippen LogP contribution in [0.2, 0.25) is 0 Å². The van der Waals surface area contributed by atoms with Crippen molar-refractivity contribution in [3.63, 3.8) is 0 Å². The number of carbonyl (C=O) groups is 1. The molecule has 1 heterocycles. The lowest BCUT2D eigenvalue weighted by atomic mass is 10.2. The lowest BCUT2D eigenvalue weighted by Crippen LogP contribution is -2.14. The molecule has 1 aromatic carbocycles. The van der Waals surface area contributed by atoms with Gasteiger partial charge in [-0.05, 0) is 37.6 Å². The molecule has 24 heavy (non-hydrogen) atoms. The Kier molecular flexibility index (Phi) is 6.57. The van der Waals surface area contributed by atoms with Gasteiger partial charge in [0.2, 0.25) is 5.88 Å². The predicted octanol–water partition coefficient (Wildman–Crippen LogP) is 3.07. The molecule has 0 fully saturated rings. The minimum absolute atomic E-state index is 0.258. The second-order valence-electron chi connectivity index (χ2n) is 5.11. The number of pyridine rings is 1. The number of aromatic nitrogens is 1. The first-order valence-electron chi connectivity index (χ1n) is 7.76. The van der Waals surface area contributed by atoms with E-state index in [4.69, 9.17) is 14.2 Å². The van der Waals surface area contributed by atoms with Crippen LogP contribution in [0.25, 0.3) is 0 Å². The molecule has 0 aliphatic heterocycles. The Balaban J connectivity index is 2.09. The van der Waals surface area contributed by atoms with E-state index in [0.717, 1.165) is 5.56 Å². The zero-order chi connectivity index (χ0) is 17.4. The van der Waals surface area contributed by atoms with Gasteiger partial charge in [0.05, 0.1) is 24.5 Å². The Hall–Kier alpha value is -2.60. The average molecular weight is 330 g/mol. The second kappa shape index (κ2) is 8.88. The van der Waals surface area contributed by atoms with Crippen molar-refractivity contribution in [2.75, 3.05) is 32.2 Å². The summed E-state index contributed by atoms with van der Waals surface area (Å²) in [7, 11) is 1.61. The van der Waals surface area contributed by atoms with Crippen LogP contribution < -0.4 is 14.8 Å². The quantitative estimate of drug-likeness (QED) is 0.753. The van der Waals surface area contributed by atoms with E-state index in [1.54, 1.807) is 19.2 Å². The highest BCUT2D eigenvalue weighted by Crippen LogP contribution is 2.26. The summed E-state index contributed by atoms with van der Waals surface area (Å²) in [5, 5.41) is 2.85. The zero-order valence-corrected chi connectivity index (χ0v) is 14.2. The summed E-state index contributed by atoms with van der Waals surface area (Å²) in [6, 6.07) is 8.95. The smallest absolute Gasteiger partial charge is 0.257 e. The van der Waals surface area contributed by atoms with E-state index < -0.39 is 0 Å². The van der Waals surface area contributed by atoms with Gasteiger partial charge in [0, 0.05) is 19.4 Å². The molecule has 0 spiro atoms. The van der Waals surface area contributed by atoms with E-state index in [2.05, 4.69) is 10.3 Å². The molecule has 1 aromatic heterocycles. The molecule has 128 valence electrons. The van der Waals surface area contributed by atoms with Crippen LogP contribution in [-0.2, 0) is 4.74 Å². The average Bonchev–Trinajstić information content (AvgIpc) is 2.58. The zero-order valence-electron chi connectivity index (χ0n) is 14.2. The summed E-state index contributed by atoms with van der Waals surface area (Å²) in [4.78, 5) is 16.5. The van der Waals surface area contributed by atoms with E-state index >= 15 is 0 Å². The predicted molar refractivity (Wildman–Crippen MR) is 91.9 cm³/mol. The molecular formula is C18H22N2O4. The van der Waals surface area contributed by atoms with Crippen molar-refractivity contribution in [2.24, 2.45) is 0 Å². The largest absolute Gasteiger partial charge is 0.489 e. The number of amides is 1. The van der Waals surface area contributed by atoms with Crippen molar-refractivity contribution in [3.05, 3.63) is 47.7 Å². The third-order valence-corrected chi connectivity index (χ3v) is 3.22. The normalized spacial score (nSPS) is 10.3. The molecule has 0 saturated heterocycles. The van der Waals surface area contributed by atoms with Crippen molar-refractivity contribution >= 4 is 11.6 Å². The molecule has 2 rings (SSSR count). The first kappa shape index (κ1) is 17.7. The van der Waals surface area contributed by atoms with Gasteiger partial charge in [-0.15, -0.1) is 0 Å². The van der Waals surface area contributed by atoms with Crippen molar-refractivity contribution in [1.29, 1.82) is 0 Å². The first-order chi connectivity index (χ1) is 11.6. The first-order valence-corrected chi connectivity index (χ1v) is 7.76. The fraction of sp³-hybridized carbons (Fsp3) is 0.333. The van der Waals surface area contributed by atoms with Crippen molar-refractivity contribution < 1.29 is 19.0 Å². The molecule has 1 amide bonds. The van der Waals surface area contributed by atoms with Crippen LogP contribution in [0.1, 0.15) is 22.8 Å². The van der Waals surface area contributed by atoms with Gasteiger partial charge in [0.15, 0.2) is 0 Å². The van der Waals surface area contributed by atoms with Crippen molar-refractivity contribution in [2.45, 2.75) is 13.8 Å². The Bertz CT molecular complexity index is 671. The van der Waals surface area contributed by atoms with Gasteiger partial charge in [0.1, 0.15) is 12.4 Å². The monoisotopic (exact) mass is 330 g/mol. The number of rotatable bonds is 8. The van der Waals surface area contributed by atoms with Gasteiger partial charge in [-0.25, -0.2) is 4.98 Å². The molecule has 0 unspecified atom stereocenters. The van der Waals surface area contributed by atoms with Gasteiger partial charge >= 0.3 is 0 Å². The van der Waals surface area contributed by atoms with Gasteiger partial charge in [-0.1, -0.05) is 6.07 Å². The number of carbonyl (C=O) groups excluding carboxylic acids is 1. The molecule has 6 nitrogen and oxygen atoms in total. The lowest BCUT2D eigenvalue weighted by Gasteiger charge is -2.13. The summed E-state index contributed by atoms with van der Waals surface area (Å²) >= 11 is 0. The molecule has 0 saturated carbocycles. The minimum atomic E-state index is -0.258. The molecular weight excluding hydrogens is 308 g/mol. The minimum Gasteiger partial charge on any atom is -0.489 e. The number of hydrogen-bond acceptors (Lipinski definition) is 5. The number of nitrogens with zero attached hydrogens (tertiary/aromatic N) is 1. The molecule has 0 aliphatic rings. The maximum atomic E-state index is 12.4. The summed E-state index contributed by atoms with van der Waals surface area (Å²) in [6.07, 6.45) is 1.49. The molecule has 0 aliphatic carbocycles. The summed E-state index contributed by atoms with van der Waals surface area (Å²) in [5.41, 5.74) is 2.10. The highest BCUT2D eigenvalue weighted by atomic mass is 16.5. The standard InChI is InChI=1S/C18H22N2O4/c1-4-23-17-8-6-14(12-19-17)18(21)20-15-7-5-13(2)11-16(15)24-10-9-22-3/h5-8,11-12H,4,9-10H2,1-3H3,(H,20,21). The third-order valence-electron chi connectivity index (χ3n) is 3.22. The van der Waals surface area contributed by atoms with Gasteiger partial charge in [-0.3, -0.25) is 4.79 Å². The number of aryl methyl sites for hydroxylation is 1. The number of nitrogens with one attached hydrogen (secondary N) is 1. The van der Waals surface area contributed by atoms with E-state index in [0.29, 0.717) is 42.7 Å². The fourth-order valence-electron chi connectivity index (χ4n) is 2.03. The van der Waals surface area contributed by atoms with E-state index in [-0.39, 0.29) is 5.91 Å². The van der Waals surface area contributed by atoms with Crippen LogP contribution in [0.15, 0.2) is 36.5 Å². The number of benzene rings is 1. The Morgan fingerprint density at radius 1 is 1.17 bits per heavy atom. The van der Waals surface area contributed by atoms with Gasteiger partial charge < -0.3 is 19.5 Å². The Morgan fingerprint density at radius 3 is 2.67 bits per heavy atom. The number of methoxy groups -OCH3 is 1. The molecule has 0 radical (unpaired) electrons. The van der Waals surface area contributed by atoms with Crippen LogP contribution in [0.3, 0.4) is 0 Å². The van der Waals surface area contributed by atoms with Gasteiger partial charge in [-0.2, -0.15) is 0 Å². The SMILES string of the molecule is CCOc1ccc(C(=O)Nc2ccc(C)cc2OCCOC)cn1. The van der Waals surface area contributed by atoms with Crippen LogP contribution in [-0.4, -0.2) is 37.8 Å². The number of anilines is 1. The maximum Gasteiger partial charge on any atom is 0.257 e. The van der Waals surface area contributed by atoms with E-state index in [1.165, 1.54) is 6.20 Å². The molecule has 0 atom stereocenters. The van der Waals surface area contributed by atoms with E-state index in [9.17, 15) is 4.79 Å². The molecule has 1 N–H and O–H groups in total. The molecule has 2 aromatic rings. The highest BCUT2D eigenvalue weighted by molar-refractivity contribution is 6.04. The fourth-order valence-corrected chi connectivity index (χ4v) is 2.03. The summed E-state index contributed by atoms with van der Waals surface area (Å²) in [5.74, 6) is 0.846. The van der Waals surface area contributed by atoms with Crippen LogP contribution in [0.4, 0.5) is 5.69 Å². The highest BCUT2D eigenvalue weighted by Gasteiger charge is 2.11. The lowest BCUT2D eigenvalue weighted by molar-refractivity contribution is 0.102. The third kappa shape index (κ3) is 4.96. The summed E-state index contributed by atoms with van der Waals surface area (Å²) < 4.78 is 15.9. The molecule has 6 heteroatoms. The summed E-state index contributed by atoms with van der Waals surface area (Å²) in [6.45, 7) is 5.26. The Morgan fingerprint density at radius 2 is 2.00 bits per heavy atom. The Labute approximate surface area is 141 Å². The maximum absolute atomic E-state index is 12.4. The van der Waals surface area contributed by atoms with Crippen LogP contribution in [0.5, 0.6) is 11.6 Å². The number of hydrogen-bond donors (Lipinski definition) is 1. The topological polar surface area (TPSA) is 69.7 Å². The molecule has 0 bridgehead atoms. The second-order valence-corrected chi connectivity index (χ2v) is 5.11. The van der Waals surface area contributed by atoms with Crippen LogP contribution >= 0.6 is 0 Å². The van der Waals surface area contributed by atoms with Crippen LogP contribution in [0, 0.1) is 6.92 Å². The van der Waals surface area contributed by atoms with Crippen molar-refractivity contribution in [3.8, 4) is 11.6 Å². The van der Waals surface area contributed by atoms with E-state index in [1.807, 2.05) is 32.0 Å². The van der Waals surface area contributed by atoms with Crippen molar-refractivity contribution in [1.82, 2.24) is 4.98 Å².